The standard InChI is InChI=1S/C15H10Cl3N5OS/c16-9-4-1-2-6-11(9)19-13(24)8-25-15-20-21-22-23(15)12-7-3-5-10(17)14(12)18/h1-7H,8H2,(H,19,24). The molecule has 3 aromatic rings. The predicted molar refractivity (Wildman–Crippen MR) is 100.0 cm³/mol. The number of hydrogen-bond donors (Lipinski definition) is 1. The Balaban J connectivity index is 1.71. The molecule has 25 heavy (non-hydrogen) atoms. The average molecular weight is 415 g/mol. The molecule has 0 atom stereocenters. The van der Waals surface area contributed by atoms with Crippen molar-refractivity contribution in [2.24, 2.45) is 0 Å². The zero-order valence-corrected chi connectivity index (χ0v) is 15.6. The summed E-state index contributed by atoms with van der Waals surface area (Å²) in [5, 5.41) is 15.8. The van der Waals surface area contributed by atoms with Crippen LogP contribution in [0.15, 0.2) is 47.6 Å². The van der Waals surface area contributed by atoms with Crippen LogP contribution in [0.3, 0.4) is 0 Å². The Morgan fingerprint density at radius 2 is 1.84 bits per heavy atom. The number of carbonyl (C=O) groups is 1. The molecule has 3 rings (SSSR count). The second kappa shape index (κ2) is 8.05. The van der Waals surface area contributed by atoms with E-state index in [2.05, 4.69) is 20.8 Å². The van der Waals surface area contributed by atoms with E-state index in [1.165, 1.54) is 16.4 Å². The Labute approximate surface area is 162 Å². The van der Waals surface area contributed by atoms with Crippen LogP contribution in [0.2, 0.25) is 15.1 Å². The Kier molecular flexibility index (Phi) is 5.80. The largest absolute Gasteiger partial charge is 0.324 e. The van der Waals surface area contributed by atoms with Gasteiger partial charge in [-0.1, -0.05) is 64.8 Å². The Bertz CT molecular complexity index is 918. The molecule has 0 radical (unpaired) electrons. The van der Waals surface area contributed by atoms with Gasteiger partial charge in [0.25, 0.3) is 0 Å². The summed E-state index contributed by atoms with van der Waals surface area (Å²) in [5.41, 5.74) is 1.08. The molecule has 1 N–H and O–H groups in total. The van der Waals surface area contributed by atoms with E-state index in [4.69, 9.17) is 34.8 Å². The quantitative estimate of drug-likeness (QED) is 0.628. The van der Waals surface area contributed by atoms with Crippen LogP contribution in [0.4, 0.5) is 5.69 Å². The second-order valence-corrected chi connectivity index (χ2v) is 6.90. The van der Waals surface area contributed by atoms with Crippen molar-refractivity contribution >= 4 is 58.2 Å². The average Bonchev–Trinajstić information content (AvgIpc) is 3.06. The second-order valence-electron chi connectivity index (χ2n) is 4.76. The van der Waals surface area contributed by atoms with E-state index in [0.29, 0.717) is 31.6 Å². The number of anilines is 1. The lowest BCUT2D eigenvalue weighted by Crippen LogP contribution is -2.15. The highest BCUT2D eigenvalue weighted by Gasteiger charge is 2.15. The molecule has 0 bridgehead atoms. The maximum absolute atomic E-state index is 12.1. The number of rotatable bonds is 5. The SMILES string of the molecule is O=C(CSc1nnnn1-c1cccc(Cl)c1Cl)Nc1ccccc1Cl. The number of para-hydroxylation sites is 1. The molecule has 0 unspecified atom stereocenters. The first-order chi connectivity index (χ1) is 12.1. The van der Waals surface area contributed by atoms with Crippen molar-refractivity contribution in [2.45, 2.75) is 5.16 Å². The van der Waals surface area contributed by atoms with Gasteiger partial charge in [0.05, 0.1) is 32.2 Å². The minimum absolute atomic E-state index is 0.101. The lowest BCUT2D eigenvalue weighted by atomic mass is 10.3. The molecule has 0 saturated heterocycles. The van der Waals surface area contributed by atoms with Crippen molar-refractivity contribution in [1.29, 1.82) is 0 Å². The number of thioether (sulfide) groups is 1. The summed E-state index contributed by atoms with van der Waals surface area (Å²) in [4.78, 5) is 12.1. The van der Waals surface area contributed by atoms with Gasteiger partial charge in [-0.3, -0.25) is 4.79 Å². The smallest absolute Gasteiger partial charge is 0.234 e. The maximum atomic E-state index is 12.1. The van der Waals surface area contributed by atoms with Crippen LogP contribution in [0, 0.1) is 0 Å². The van der Waals surface area contributed by atoms with Gasteiger partial charge in [0.2, 0.25) is 11.1 Å². The number of hydrogen-bond acceptors (Lipinski definition) is 5. The molecule has 6 nitrogen and oxygen atoms in total. The topological polar surface area (TPSA) is 72.7 Å². The van der Waals surface area contributed by atoms with Crippen LogP contribution in [0.1, 0.15) is 0 Å². The van der Waals surface area contributed by atoms with Crippen molar-refractivity contribution in [2.75, 3.05) is 11.1 Å². The molecule has 2 aromatic carbocycles. The summed E-state index contributed by atoms with van der Waals surface area (Å²) in [6, 6.07) is 12.1. The maximum Gasteiger partial charge on any atom is 0.234 e. The van der Waals surface area contributed by atoms with E-state index < -0.39 is 0 Å². The van der Waals surface area contributed by atoms with Gasteiger partial charge >= 0.3 is 0 Å². The lowest BCUT2D eigenvalue weighted by Gasteiger charge is -2.08. The van der Waals surface area contributed by atoms with Crippen LogP contribution in [0.25, 0.3) is 5.69 Å². The van der Waals surface area contributed by atoms with Gasteiger partial charge in [-0.25, -0.2) is 0 Å². The van der Waals surface area contributed by atoms with Gasteiger partial charge in [-0.2, -0.15) is 4.68 Å². The number of benzene rings is 2. The highest BCUT2D eigenvalue weighted by molar-refractivity contribution is 7.99. The number of aromatic nitrogens is 4. The molecule has 0 aliphatic rings. The van der Waals surface area contributed by atoms with E-state index in [1.54, 1.807) is 42.5 Å². The summed E-state index contributed by atoms with van der Waals surface area (Å²) in [6.07, 6.45) is 0. The van der Waals surface area contributed by atoms with E-state index in [1.807, 2.05) is 0 Å². The van der Waals surface area contributed by atoms with Crippen LogP contribution >= 0.6 is 46.6 Å². The molecular weight excluding hydrogens is 405 g/mol. The van der Waals surface area contributed by atoms with Crippen LogP contribution in [-0.4, -0.2) is 31.9 Å². The Morgan fingerprint density at radius 3 is 2.64 bits per heavy atom. The fraction of sp³-hybridized carbons (Fsp3) is 0.0667. The summed E-state index contributed by atoms with van der Waals surface area (Å²) >= 11 is 19.4. The fourth-order valence-corrected chi connectivity index (χ4v) is 3.20. The normalized spacial score (nSPS) is 10.7. The Hall–Kier alpha value is -1.80. The minimum Gasteiger partial charge on any atom is -0.324 e. The molecule has 128 valence electrons. The first-order valence-corrected chi connectivity index (χ1v) is 9.08. The molecule has 0 aliphatic carbocycles. The van der Waals surface area contributed by atoms with Gasteiger partial charge in [0, 0.05) is 0 Å². The van der Waals surface area contributed by atoms with Crippen molar-refractivity contribution in [3.63, 3.8) is 0 Å². The van der Waals surface area contributed by atoms with E-state index in [-0.39, 0.29) is 11.7 Å². The van der Waals surface area contributed by atoms with Gasteiger partial charge in [-0.05, 0) is 34.7 Å². The zero-order chi connectivity index (χ0) is 17.8. The van der Waals surface area contributed by atoms with Crippen molar-refractivity contribution in [1.82, 2.24) is 20.2 Å². The molecule has 1 aromatic heterocycles. The molecule has 0 fully saturated rings. The highest BCUT2D eigenvalue weighted by Crippen LogP contribution is 2.30. The van der Waals surface area contributed by atoms with Crippen molar-refractivity contribution < 1.29 is 4.79 Å². The molecule has 1 amide bonds. The number of nitrogens with zero attached hydrogens (tertiary/aromatic N) is 4. The monoisotopic (exact) mass is 413 g/mol. The number of halogens is 3. The van der Waals surface area contributed by atoms with Gasteiger partial charge in [0.15, 0.2) is 0 Å². The van der Waals surface area contributed by atoms with Crippen molar-refractivity contribution in [3.8, 4) is 5.69 Å². The predicted octanol–water partition coefficient (Wildman–Crippen LogP) is 4.35. The molecule has 1 heterocycles. The minimum atomic E-state index is -0.232. The Morgan fingerprint density at radius 1 is 1.08 bits per heavy atom. The molecule has 0 aliphatic heterocycles. The molecule has 0 saturated carbocycles. The first-order valence-electron chi connectivity index (χ1n) is 6.96. The summed E-state index contributed by atoms with van der Waals surface area (Å²) in [6.45, 7) is 0. The third kappa shape index (κ3) is 4.24. The van der Waals surface area contributed by atoms with Gasteiger partial charge in [0.1, 0.15) is 0 Å². The summed E-state index contributed by atoms with van der Waals surface area (Å²) < 4.78 is 1.43. The van der Waals surface area contributed by atoms with Gasteiger partial charge in [-0.15, -0.1) is 5.10 Å². The lowest BCUT2D eigenvalue weighted by molar-refractivity contribution is -0.113. The fourth-order valence-electron chi connectivity index (χ4n) is 1.96. The summed E-state index contributed by atoms with van der Waals surface area (Å²) in [7, 11) is 0. The van der Waals surface area contributed by atoms with E-state index in [0.717, 1.165) is 0 Å². The van der Waals surface area contributed by atoms with Gasteiger partial charge < -0.3 is 5.32 Å². The number of nitrogens with one attached hydrogen (secondary N) is 1. The highest BCUT2D eigenvalue weighted by atomic mass is 35.5. The van der Waals surface area contributed by atoms with E-state index in [9.17, 15) is 4.79 Å². The van der Waals surface area contributed by atoms with Crippen LogP contribution in [-0.2, 0) is 4.79 Å². The van der Waals surface area contributed by atoms with E-state index >= 15 is 0 Å². The first kappa shape index (κ1) is 18.0. The molecular formula is C15H10Cl3N5OS. The number of amides is 1. The van der Waals surface area contributed by atoms with Crippen LogP contribution in [0.5, 0.6) is 0 Å². The molecule has 0 spiro atoms. The zero-order valence-electron chi connectivity index (χ0n) is 12.5. The third-order valence-electron chi connectivity index (χ3n) is 3.08. The number of carbonyl (C=O) groups excluding carboxylic acids is 1. The van der Waals surface area contributed by atoms with Crippen molar-refractivity contribution in [3.05, 3.63) is 57.5 Å². The summed E-state index contributed by atoms with van der Waals surface area (Å²) in [5.74, 6) is -0.131. The molecule has 10 heteroatoms. The third-order valence-corrected chi connectivity index (χ3v) is 5.14. The van der Waals surface area contributed by atoms with Crippen LogP contribution < -0.4 is 5.32 Å². The number of tetrazole rings is 1.